The molecule has 25 heavy (non-hydrogen) atoms. The summed E-state index contributed by atoms with van der Waals surface area (Å²) < 4.78 is 5.78. The first kappa shape index (κ1) is 17.0. The number of carbonyl (C=O) groups excluding carboxylic acids is 1. The van der Waals surface area contributed by atoms with Gasteiger partial charge in [0.05, 0.1) is 11.8 Å². The zero-order valence-electron chi connectivity index (χ0n) is 14.1. The Kier molecular flexibility index (Phi) is 5.03. The first-order chi connectivity index (χ1) is 12.0. The van der Waals surface area contributed by atoms with Crippen LogP contribution in [0.5, 0.6) is 5.75 Å². The topological polar surface area (TPSA) is 75.6 Å². The van der Waals surface area contributed by atoms with Crippen molar-refractivity contribution in [1.82, 2.24) is 0 Å². The molecule has 1 aliphatic carbocycles. The van der Waals surface area contributed by atoms with E-state index in [9.17, 15) is 9.59 Å². The van der Waals surface area contributed by atoms with E-state index in [1.165, 1.54) is 0 Å². The molecule has 5 nitrogen and oxygen atoms in total. The number of carbonyl (C=O) groups is 2. The van der Waals surface area contributed by atoms with Gasteiger partial charge in [0.1, 0.15) is 12.4 Å². The minimum Gasteiger partial charge on any atom is -0.489 e. The van der Waals surface area contributed by atoms with Crippen molar-refractivity contribution in [1.29, 1.82) is 0 Å². The second-order valence-electron chi connectivity index (χ2n) is 6.37. The van der Waals surface area contributed by atoms with Crippen LogP contribution in [0.1, 0.15) is 24.0 Å². The molecule has 0 unspecified atom stereocenters. The molecular formula is C20H21NO4. The number of benzene rings is 2. The molecule has 1 fully saturated rings. The van der Waals surface area contributed by atoms with Crippen molar-refractivity contribution in [3.63, 3.8) is 0 Å². The first-order valence-corrected chi connectivity index (χ1v) is 8.35. The Balaban J connectivity index is 1.65. The van der Waals surface area contributed by atoms with Crippen molar-refractivity contribution in [3.8, 4) is 5.75 Å². The van der Waals surface area contributed by atoms with Gasteiger partial charge in [0.25, 0.3) is 0 Å². The number of rotatable bonds is 6. The van der Waals surface area contributed by atoms with Gasteiger partial charge in [0, 0.05) is 11.8 Å². The van der Waals surface area contributed by atoms with Crippen LogP contribution in [-0.4, -0.2) is 17.0 Å². The molecule has 0 aliphatic heterocycles. The molecule has 2 atom stereocenters. The van der Waals surface area contributed by atoms with Gasteiger partial charge in [-0.25, -0.2) is 0 Å². The van der Waals surface area contributed by atoms with E-state index >= 15 is 0 Å². The van der Waals surface area contributed by atoms with E-state index in [1.807, 2.05) is 49.4 Å². The van der Waals surface area contributed by atoms with Crippen LogP contribution in [-0.2, 0) is 16.2 Å². The highest BCUT2D eigenvalue weighted by atomic mass is 16.5. The van der Waals surface area contributed by atoms with E-state index in [4.69, 9.17) is 9.84 Å². The molecule has 0 heterocycles. The summed E-state index contributed by atoms with van der Waals surface area (Å²) in [6.45, 7) is 2.34. The molecule has 0 bridgehead atoms. The number of aryl methyl sites for hydroxylation is 1. The van der Waals surface area contributed by atoms with Gasteiger partial charge in [-0.2, -0.15) is 0 Å². The van der Waals surface area contributed by atoms with Crippen LogP contribution in [0.15, 0.2) is 48.5 Å². The van der Waals surface area contributed by atoms with Crippen molar-refractivity contribution >= 4 is 17.6 Å². The van der Waals surface area contributed by atoms with Crippen molar-refractivity contribution in [2.75, 3.05) is 5.32 Å². The average Bonchev–Trinajstić information content (AvgIpc) is 2.55. The predicted molar refractivity (Wildman–Crippen MR) is 94.4 cm³/mol. The Morgan fingerprint density at radius 2 is 1.84 bits per heavy atom. The van der Waals surface area contributed by atoms with Crippen molar-refractivity contribution in [3.05, 3.63) is 59.7 Å². The number of amides is 1. The SMILES string of the molecule is Cc1ccc(OCc2ccccc2)cc1NC(=O)[C@@H]1CC[C@@H]1C(=O)O. The van der Waals surface area contributed by atoms with Crippen LogP contribution >= 0.6 is 0 Å². The first-order valence-electron chi connectivity index (χ1n) is 8.35. The van der Waals surface area contributed by atoms with E-state index in [0.717, 1.165) is 11.1 Å². The zero-order chi connectivity index (χ0) is 17.8. The molecule has 5 heteroatoms. The van der Waals surface area contributed by atoms with Crippen LogP contribution in [0.25, 0.3) is 0 Å². The van der Waals surface area contributed by atoms with Crippen LogP contribution < -0.4 is 10.1 Å². The quantitative estimate of drug-likeness (QED) is 0.843. The highest BCUT2D eigenvalue weighted by Crippen LogP contribution is 2.35. The number of hydrogen-bond donors (Lipinski definition) is 2. The third kappa shape index (κ3) is 3.99. The molecule has 0 spiro atoms. The molecule has 1 amide bonds. The lowest BCUT2D eigenvalue weighted by Crippen LogP contribution is -2.41. The number of ether oxygens (including phenoxy) is 1. The maximum Gasteiger partial charge on any atom is 0.307 e. The second-order valence-corrected chi connectivity index (χ2v) is 6.37. The molecule has 3 rings (SSSR count). The Morgan fingerprint density at radius 1 is 1.12 bits per heavy atom. The van der Waals surface area contributed by atoms with E-state index < -0.39 is 17.8 Å². The Labute approximate surface area is 146 Å². The summed E-state index contributed by atoms with van der Waals surface area (Å²) in [7, 11) is 0. The summed E-state index contributed by atoms with van der Waals surface area (Å²) in [5.41, 5.74) is 2.63. The smallest absolute Gasteiger partial charge is 0.307 e. The average molecular weight is 339 g/mol. The molecule has 2 aromatic rings. The summed E-state index contributed by atoms with van der Waals surface area (Å²) in [5.74, 6) is -1.50. The van der Waals surface area contributed by atoms with Gasteiger partial charge in [-0.15, -0.1) is 0 Å². The summed E-state index contributed by atoms with van der Waals surface area (Å²) >= 11 is 0. The van der Waals surface area contributed by atoms with E-state index in [-0.39, 0.29) is 5.91 Å². The fourth-order valence-corrected chi connectivity index (χ4v) is 2.90. The maximum absolute atomic E-state index is 12.3. The monoisotopic (exact) mass is 339 g/mol. The number of anilines is 1. The van der Waals surface area contributed by atoms with E-state index in [1.54, 1.807) is 6.07 Å². The lowest BCUT2D eigenvalue weighted by Gasteiger charge is -2.32. The van der Waals surface area contributed by atoms with E-state index in [2.05, 4.69) is 5.32 Å². The van der Waals surface area contributed by atoms with Crippen LogP contribution in [0.4, 0.5) is 5.69 Å². The number of nitrogens with one attached hydrogen (secondary N) is 1. The summed E-state index contributed by atoms with van der Waals surface area (Å²) in [5, 5.41) is 11.9. The normalized spacial score (nSPS) is 18.9. The molecular weight excluding hydrogens is 318 g/mol. The van der Waals surface area contributed by atoms with Gasteiger partial charge in [-0.3, -0.25) is 9.59 Å². The van der Waals surface area contributed by atoms with Gasteiger partial charge in [-0.1, -0.05) is 36.4 Å². The van der Waals surface area contributed by atoms with E-state index in [0.29, 0.717) is 30.9 Å². The third-order valence-electron chi connectivity index (χ3n) is 4.64. The van der Waals surface area contributed by atoms with Gasteiger partial charge in [-0.05, 0) is 37.0 Å². The number of carboxylic acids is 1. The molecule has 0 saturated heterocycles. The minimum absolute atomic E-state index is 0.234. The Bertz CT molecular complexity index is 773. The van der Waals surface area contributed by atoms with Gasteiger partial charge in [0.15, 0.2) is 0 Å². The lowest BCUT2D eigenvalue weighted by atomic mass is 9.73. The molecule has 0 radical (unpaired) electrons. The largest absolute Gasteiger partial charge is 0.489 e. The molecule has 1 saturated carbocycles. The van der Waals surface area contributed by atoms with Crippen LogP contribution in [0.2, 0.25) is 0 Å². The summed E-state index contributed by atoms with van der Waals surface area (Å²) in [6, 6.07) is 15.4. The number of aliphatic carboxylic acids is 1. The zero-order valence-corrected chi connectivity index (χ0v) is 14.1. The highest BCUT2D eigenvalue weighted by molar-refractivity contribution is 5.96. The molecule has 2 N–H and O–H groups in total. The van der Waals surface area contributed by atoms with Crippen molar-refractivity contribution in [2.24, 2.45) is 11.8 Å². The lowest BCUT2D eigenvalue weighted by molar-refractivity contribution is -0.151. The fourth-order valence-electron chi connectivity index (χ4n) is 2.90. The van der Waals surface area contributed by atoms with Gasteiger partial charge >= 0.3 is 5.97 Å². The van der Waals surface area contributed by atoms with Gasteiger partial charge < -0.3 is 15.2 Å². The van der Waals surface area contributed by atoms with Crippen LogP contribution in [0, 0.1) is 18.8 Å². The minimum atomic E-state index is -0.900. The van der Waals surface area contributed by atoms with Crippen molar-refractivity contribution in [2.45, 2.75) is 26.4 Å². The Morgan fingerprint density at radius 3 is 2.48 bits per heavy atom. The third-order valence-corrected chi connectivity index (χ3v) is 4.64. The maximum atomic E-state index is 12.3. The summed E-state index contributed by atoms with van der Waals surface area (Å²) in [4.78, 5) is 23.4. The highest BCUT2D eigenvalue weighted by Gasteiger charge is 2.41. The van der Waals surface area contributed by atoms with Crippen molar-refractivity contribution < 1.29 is 19.4 Å². The number of hydrogen-bond acceptors (Lipinski definition) is 3. The predicted octanol–water partition coefficient (Wildman–Crippen LogP) is 3.62. The summed E-state index contributed by atoms with van der Waals surface area (Å²) in [6.07, 6.45) is 1.18. The fraction of sp³-hybridized carbons (Fsp3) is 0.300. The molecule has 130 valence electrons. The molecule has 1 aliphatic rings. The van der Waals surface area contributed by atoms with Gasteiger partial charge in [0.2, 0.25) is 5.91 Å². The standard InChI is InChI=1S/C20H21NO4/c1-13-7-8-15(25-12-14-5-3-2-4-6-14)11-18(13)21-19(22)16-9-10-17(16)20(23)24/h2-8,11,16-17H,9-10,12H2,1H3,(H,21,22)(H,23,24)/t16-,17+/m1/s1. The number of carboxylic acid groups (broad SMARTS) is 1. The molecule has 2 aromatic carbocycles. The van der Waals surface area contributed by atoms with Crippen LogP contribution in [0.3, 0.4) is 0 Å². The second kappa shape index (κ2) is 7.38. The molecule has 0 aromatic heterocycles. The Hall–Kier alpha value is -2.82.